The third-order valence-corrected chi connectivity index (χ3v) is 4.12. The molecule has 0 aliphatic carbocycles. The van der Waals surface area contributed by atoms with Crippen LogP contribution >= 0.6 is 0 Å². The second-order valence-electron chi connectivity index (χ2n) is 5.83. The summed E-state index contributed by atoms with van der Waals surface area (Å²) in [5, 5.41) is 0. The van der Waals surface area contributed by atoms with E-state index in [2.05, 4.69) is 23.2 Å². The number of nitrogens with two attached hydrogens (primary N) is 1. The van der Waals surface area contributed by atoms with Crippen LogP contribution in [0.4, 0.5) is 5.82 Å². The molecule has 0 fully saturated rings. The van der Waals surface area contributed by atoms with Gasteiger partial charge in [-0.3, -0.25) is 4.79 Å². The van der Waals surface area contributed by atoms with Crippen LogP contribution in [-0.4, -0.2) is 28.9 Å². The number of hydrogen-bond donors (Lipinski definition) is 1. The quantitative estimate of drug-likeness (QED) is 0.882. The van der Waals surface area contributed by atoms with Gasteiger partial charge in [0.15, 0.2) is 0 Å². The van der Waals surface area contributed by atoms with Crippen molar-refractivity contribution < 1.29 is 4.79 Å². The highest BCUT2D eigenvalue weighted by atomic mass is 16.2. The summed E-state index contributed by atoms with van der Waals surface area (Å²) in [6.45, 7) is 1.42. The summed E-state index contributed by atoms with van der Waals surface area (Å²) >= 11 is 0. The number of carbonyl (C=O) groups excluding carboxylic acids is 1. The topological polar surface area (TPSA) is 59.2 Å². The van der Waals surface area contributed by atoms with E-state index < -0.39 is 0 Å². The maximum atomic E-state index is 12.4. The van der Waals surface area contributed by atoms with Crippen LogP contribution < -0.4 is 5.73 Å². The van der Waals surface area contributed by atoms with Gasteiger partial charge in [-0.15, -0.1) is 0 Å². The average Bonchev–Trinajstić information content (AvgIpc) is 2.88. The van der Waals surface area contributed by atoms with Gasteiger partial charge in [0.1, 0.15) is 5.82 Å². The van der Waals surface area contributed by atoms with Gasteiger partial charge in [0.25, 0.3) is 0 Å². The van der Waals surface area contributed by atoms with Crippen molar-refractivity contribution in [3.05, 3.63) is 71.9 Å². The summed E-state index contributed by atoms with van der Waals surface area (Å²) in [6.07, 6.45) is 9.19. The molecule has 0 bridgehead atoms. The van der Waals surface area contributed by atoms with Gasteiger partial charge in [-0.1, -0.05) is 36.4 Å². The molecule has 1 aliphatic heterocycles. The van der Waals surface area contributed by atoms with Gasteiger partial charge in [0.05, 0.1) is 0 Å². The summed E-state index contributed by atoms with van der Waals surface area (Å²) in [5.74, 6) is 0.502. The Balaban J connectivity index is 1.65. The fourth-order valence-electron chi connectivity index (χ4n) is 2.78. The average molecular weight is 319 g/mol. The highest BCUT2D eigenvalue weighted by Gasteiger charge is 2.14. The van der Waals surface area contributed by atoms with Gasteiger partial charge in [-0.05, 0) is 47.8 Å². The summed E-state index contributed by atoms with van der Waals surface area (Å²) in [7, 11) is 0. The Morgan fingerprint density at radius 2 is 2.00 bits per heavy atom. The maximum absolute atomic E-state index is 12.4. The molecule has 2 heterocycles. The monoisotopic (exact) mass is 319 g/mol. The number of nitrogen functional groups attached to an aromatic ring is 1. The molecule has 0 radical (unpaired) electrons. The predicted octanol–water partition coefficient (Wildman–Crippen LogP) is 3.38. The number of aromatic nitrogens is 1. The van der Waals surface area contributed by atoms with Gasteiger partial charge in [-0.25, -0.2) is 4.98 Å². The Kier molecular flexibility index (Phi) is 5.06. The van der Waals surface area contributed by atoms with E-state index in [1.54, 1.807) is 24.4 Å². The number of carbonyl (C=O) groups is 1. The molecule has 1 aromatic heterocycles. The minimum atomic E-state index is 0.0254. The first kappa shape index (κ1) is 16.0. The van der Waals surface area contributed by atoms with E-state index in [1.165, 1.54) is 11.1 Å². The number of nitrogens with zero attached hydrogens (tertiary/aromatic N) is 2. The van der Waals surface area contributed by atoms with Crippen LogP contribution in [0.15, 0.2) is 60.8 Å². The van der Waals surface area contributed by atoms with E-state index in [4.69, 9.17) is 5.73 Å². The lowest BCUT2D eigenvalue weighted by molar-refractivity contribution is -0.125. The zero-order valence-corrected chi connectivity index (χ0v) is 13.6. The highest BCUT2D eigenvalue weighted by molar-refractivity contribution is 5.92. The van der Waals surface area contributed by atoms with Crippen molar-refractivity contribution in [3.63, 3.8) is 0 Å². The Labute approximate surface area is 142 Å². The third kappa shape index (κ3) is 4.10. The van der Waals surface area contributed by atoms with Gasteiger partial charge in [0, 0.05) is 25.4 Å². The lowest BCUT2D eigenvalue weighted by Crippen LogP contribution is -2.29. The molecule has 1 aromatic carbocycles. The van der Waals surface area contributed by atoms with Gasteiger partial charge in [-0.2, -0.15) is 0 Å². The molecule has 1 amide bonds. The Morgan fingerprint density at radius 1 is 1.17 bits per heavy atom. The van der Waals surface area contributed by atoms with Crippen LogP contribution in [-0.2, 0) is 4.79 Å². The molecule has 4 nitrogen and oxygen atoms in total. The van der Waals surface area contributed by atoms with Gasteiger partial charge in [0.2, 0.25) is 5.91 Å². The first-order chi connectivity index (χ1) is 11.7. The van der Waals surface area contributed by atoms with Gasteiger partial charge < -0.3 is 10.6 Å². The van der Waals surface area contributed by atoms with Crippen LogP contribution in [0.1, 0.15) is 24.0 Å². The van der Waals surface area contributed by atoms with E-state index in [9.17, 15) is 4.79 Å². The second-order valence-corrected chi connectivity index (χ2v) is 5.83. The van der Waals surface area contributed by atoms with Crippen LogP contribution in [0.2, 0.25) is 0 Å². The number of rotatable bonds is 3. The molecule has 0 unspecified atom stereocenters. The number of hydrogen-bond acceptors (Lipinski definition) is 3. The molecule has 0 saturated carbocycles. The van der Waals surface area contributed by atoms with Gasteiger partial charge >= 0.3 is 0 Å². The smallest absolute Gasteiger partial charge is 0.246 e. The molecule has 0 saturated heterocycles. The lowest BCUT2D eigenvalue weighted by Gasteiger charge is -2.17. The molecular weight excluding hydrogens is 298 g/mol. The van der Waals surface area contributed by atoms with Crippen molar-refractivity contribution in [2.45, 2.75) is 12.8 Å². The third-order valence-electron chi connectivity index (χ3n) is 4.12. The molecule has 1 aliphatic rings. The number of amides is 1. The SMILES string of the molecule is Nc1ccc(/C=C/C(=O)N2CC=C(c3ccccc3)CCC2)cn1. The number of pyridine rings is 1. The fourth-order valence-corrected chi connectivity index (χ4v) is 2.78. The summed E-state index contributed by atoms with van der Waals surface area (Å²) in [4.78, 5) is 18.3. The number of anilines is 1. The van der Waals surface area contributed by atoms with E-state index in [1.807, 2.05) is 29.2 Å². The predicted molar refractivity (Wildman–Crippen MR) is 97.9 cm³/mol. The standard InChI is InChI=1S/C20H21N3O/c21-19-10-8-16(15-22-19)9-11-20(24)23-13-4-7-18(12-14-23)17-5-2-1-3-6-17/h1-3,5-6,8-12,15H,4,7,13-14H2,(H2,21,22)/b11-9+. The van der Waals surface area contributed by atoms with E-state index in [0.717, 1.165) is 24.9 Å². The number of allylic oxidation sites excluding steroid dienone is 1. The Morgan fingerprint density at radius 3 is 2.75 bits per heavy atom. The van der Waals surface area contributed by atoms with E-state index in [0.29, 0.717) is 12.4 Å². The first-order valence-electron chi connectivity index (χ1n) is 8.15. The number of benzene rings is 1. The summed E-state index contributed by atoms with van der Waals surface area (Å²) in [6, 6.07) is 13.9. The normalized spacial score (nSPS) is 15.2. The van der Waals surface area contributed by atoms with E-state index in [-0.39, 0.29) is 5.91 Å². The minimum absolute atomic E-state index is 0.0254. The van der Waals surface area contributed by atoms with Crippen molar-refractivity contribution >= 4 is 23.4 Å². The van der Waals surface area contributed by atoms with Crippen LogP contribution in [0.5, 0.6) is 0 Å². The van der Waals surface area contributed by atoms with Crippen molar-refractivity contribution in [1.82, 2.24) is 9.88 Å². The highest BCUT2D eigenvalue weighted by Crippen LogP contribution is 2.22. The van der Waals surface area contributed by atoms with Crippen LogP contribution in [0.3, 0.4) is 0 Å². The molecule has 4 heteroatoms. The largest absolute Gasteiger partial charge is 0.384 e. The summed E-state index contributed by atoms with van der Waals surface area (Å²) in [5.41, 5.74) is 8.99. The Bertz CT molecular complexity index is 748. The van der Waals surface area contributed by atoms with Crippen molar-refractivity contribution in [3.8, 4) is 0 Å². The second kappa shape index (κ2) is 7.59. The maximum Gasteiger partial charge on any atom is 0.246 e. The lowest BCUT2D eigenvalue weighted by atomic mass is 10.0. The molecule has 2 N–H and O–H groups in total. The fraction of sp³-hybridized carbons (Fsp3) is 0.200. The van der Waals surface area contributed by atoms with Crippen molar-refractivity contribution in [2.24, 2.45) is 0 Å². The minimum Gasteiger partial charge on any atom is -0.384 e. The van der Waals surface area contributed by atoms with Crippen molar-refractivity contribution in [2.75, 3.05) is 18.8 Å². The summed E-state index contributed by atoms with van der Waals surface area (Å²) < 4.78 is 0. The zero-order chi connectivity index (χ0) is 16.8. The zero-order valence-electron chi connectivity index (χ0n) is 13.6. The molecule has 122 valence electrons. The molecule has 2 aromatic rings. The molecule has 24 heavy (non-hydrogen) atoms. The Hall–Kier alpha value is -2.88. The van der Waals surface area contributed by atoms with Crippen LogP contribution in [0, 0.1) is 0 Å². The molecular formula is C20H21N3O. The van der Waals surface area contributed by atoms with Crippen LogP contribution in [0.25, 0.3) is 11.6 Å². The van der Waals surface area contributed by atoms with E-state index >= 15 is 0 Å². The molecule has 0 atom stereocenters. The molecule has 3 rings (SSSR count). The van der Waals surface area contributed by atoms with Crippen molar-refractivity contribution in [1.29, 1.82) is 0 Å². The first-order valence-corrected chi connectivity index (χ1v) is 8.15. The molecule has 0 spiro atoms.